The first-order valence-electron chi connectivity index (χ1n) is 11.2. The second-order valence-corrected chi connectivity index (χ2v) is 8.44. The number of para-hydroxylation sites is 1. The number of hydrogen-bond acceptors (Lipinski definition) is 4. The van der Waals surface area contributed by atoms with E-state index in [0.29, 0.717) is 17.7 Å². The standard InChI is InChI=1S/C26H28N4O3/c1-18-9-8-10-19(2)23(18)29(15-7-6-14-28-16-13-27-17-28)24(31)20(3)30-25(32)21-11-4-5-12-22(21)26(30)33/h4-5,8-13,16-17,20H,6-7,14-15H2,1-3H3. The third kappa shape index (κ3) is 4.31. The van der Waals surface area contributed by atoms with E-state index < -0.39 is 17.9 Å². The summed E-state index contributed by atoms with van der Waals surface area (Å²) in [4.78, 5) is 46.6. The van der Waals surface area contributed by atoms with Gasteiger partial charge in [-0.2, -0.15) is 0 Å². The van der Waals surface area contributed by atoms with Crippen LogP contribution < -0.4 is 4.90 Å². The Hall–Kier alpha value is -3.74. The number of unbranched alkanes of at least 4 members (excludes halogenated alkanes) is 1. The van der Waals surface area contributed by atoms with Gasteiger partial charge in [0.2, 0.25) is 5.91 Å². The Labute approximate surface area is 193 Å². The summed E-state index contributed by atoms with van der Waals surface area (Å²) in [5.74, 6) is -1.10. The lowest BCUT2D eigenvalue weighted by Crippen LogP contribution is -2.50. The van der Waals surface area contributed by atoms with Gasteiger partial charge in [-0.05, 0) is 56.9 Å². The summed E-state index contributed by atoms with van der Waals surface area (Å²) in [5.41, 5.74) is 3.50. The van der Waals surface area contributed by atoms with Gasteiger partial charge in [0.15, 0.2) is 0 Å². The number of carbonyl (C=O) groups excluding carboxylic acids is 3. The van der Waals surface area contributed by atoms with Gasteiger partial charge < -0.3 is 9.47 Å². The minimum absolute atomic E-state index is 0.260. The molecule has 1 atom stereocenters. The molecular weight excluding hydrogens is 416 g/mol. The molecule has 2 aromatic carbocycles. The van der Waals surface area contributed by atoms with E-state index >= 15 is 0 Å². The number of amides is 3. The summed E-state index contributed by atoms with van der Waals surface area (Å²) >= 11 is 0. The molecule has 33 heavy (non-hydrogen) atoms. The Morgan fingerprint density at radius 1 is 0.970 bits per heavy atom. The molecule has 1 aliphatic heterocycles. The van der Waals surface area contributed by atoms with Crippen LogP contribution in [0.3, 0.4) is 0 Å². The van der Waals surface area contributed by atoms with E-state index in [9.17, 15) is 14.4 Å². The highest BCUT2D eigenvalue weighted by Gasteiger charge is 2.42. The van der Waals surface area contributed by atoms with Crippen LogP contribution in [-0.4, -0.2) is 44.8 Å². The van der Waals surface area contributed by atoms with Crippen molar-refractivity contribution in [3.63, 3.8) is 0 Å². The molecule has 3 aromatic rings. The second kappa shape index (κ2) is 9.40. The van der Waals surface area contributed by atoms with Gasteiger partial charge in [0, 0.05) is 31.2 Å². The molecule has 0 radical (unpaired) electrons. The maximum atomic E-state index is 13.8. The van der Waals surface area contributed by atoms with Crippen molar-refractivity contribution in [3.05, 3.63) is 83.4 Å². The third-order valence-electron chi connectivity index (χ3n) is 6.15. The highest BCUT2D eigenvalue weighted by atomic mass is 16.2. The Balaban J connectivity index is 1.57. The van der Waals surface area contributed by atoms with Crippen LogP contribution >= 0.6 is 0 Å². The van der Waals surface area contributed by atoms with E-state index in [4.69, 9.17) is 0 Å². The molecule has 170 valence electrons. The lowest BCUT2D eigenvalue weighted by molar-refractivity contribution is -0.122. The predicted octanol–water partition coefficient (Wildman–Crippen LogP) is 4.00. The smallest absolute Gasteiger partial charge is 0.262 e. The number of aryl methyl sites for hydroxylation is 3. The number of rotatable bonds is 8. The van der Waals surface area contributed by atoms with E-state index in [1.54, 1.807) is 48.6 Å². The largest absolute Gasteiger partial charge is 0.337 e. The first kappa shape index (κ1) is 22.5. The number of imidazole rings is 1. The fraction of sp³-hybridized carbons (Fsp3) is 0.308. The molecule has 1 aliphatic rings. The van der Waals surface area contributed by atoms with Crippen LogP contribution in [0.1, 0.15) is 51.6 Å². The number of imide groups is 1. The van der Waals surface area contributed by atoms with Gasteiger partial charge in [0.25, 0.3) is 11.8 Å². The lowest BCUT2D eigenvalue weighted by Gasteiger charge is -2.31. The van der Waals surface area contributed by atoms with Crippen LogP contribution in [-0.2, 0) is 11.3 Å². The zero-order valence-electron chi connectivity index (χ0n) is 19.2. The molecule has 0 fully saturated rings. The number of hydrogen-bond donors (Lipinski definition) is 0. The molecule has 7 heteroatoms. The van der Waals surface area contributed by atoms with Gasteiger partial charge in [-0.25, -0.2) is 4.98 Å². The van der Waals surface area contributed by atoms with Gasteiger partial charge in [0.05, 0.1) is 17.5 Å². The number of benzene rings is 2. The van der Waals surface area contributed by atoms with E-state index in [2.05, 4.69) is 4.98 Å². The van der Waals surface area contributed by atoms with E-state index in [0.717, 1.165) is 41.1 Å². The van der Waals surface area contributed by atoms with Crippen molar-refractivity contribution in [2.45, 2.75) is 46.2 Å². The minimum atomic E-state index is -0.912. The fourth-order valence-corrected chi connectivity index (χ4v) is 4.44. The van der Waals surface area contributed by atoms with Gasteiger partial charge >= 0.3 is 0 Å². The highest BCUT2D eigenvalue weighted by Crippen LogP contribution is 2.29. The zero-order chi connectivity index (χ0) is 23.5. The van der Waals surface area contributed by atoms with Crippen LogP contribution in [0.15, 0.2) is 61.2 Å². The van der Waals surface area contributed by atoms with Crippen molar-refractivity contribution in [1.29, 1.82) is 0 Å². The molecule has 0 bridgehead atoms. The monoisotopic (exact) mass is 444 g/mol. The highest BCUT2D eigenvalue weighted by molar-refractivity contribution is 6.23. The summed E-state index contributed by atoms with van der Waals surface area (Å²) in [6.45, 7) is 6.88. The molecule has 0 spiro atoms. The Kier molecular flexibility index (Phi) is 6.40. The average molecular weight is 445 g/mol. The summed E-state index contributed by atoms with van der Waals surface area (Å²) in [5, 5.41) is 0. The Morgan fingerprint density at radius 2 is 1.61 bits per heavy atom. The molecule has 0 saturated heterocycles. The molecule has 4 rings (SSSR count). The normalized spacial score (nSPS) is 13.8. The molecule has 1 unspecified atom stereocenters. The fourth-order valence-electron chi connectivity index (χ4n) is 4.44. The molecule has 2 heterocycles. The molecule has 0 N–H and O–H groups in total. The topological polar surface area (TPSA) is 75.5 Å². The molecular formula is C26H28N4O3. The van der Waals surface area contributed by atoms with Gasteiger partial charge in [-0.3, -0.25) is 19.3 Å². The summed E-state index contributed by atoms with van der Waals surface area (Å²) in [6.07, 6.45) is 7.08. The van der Waals surface area contributed by atoms with E-state index in [1.807, 2.05) is 42.8 Å². The number of anilines is 1. The van der Waals surface area contributed by atoms with Gasteiger partial charge in [-0.1, -0.05) is 30.3 Å². The van der Waals surface area contributed by atoms with Gasteiger partial charge in [-0.15, -0.1) is 0 Å². The summed E-state index contributed by atoms with van der Waals surface area (Å²) in [7, 11) is 0. The molecule has 0 aliphatic carbocycles. The molecule has 7 nitrogen and oxygen atoms in total. The summed E-state index contributed by atoms with van der Waals surface area (Å²) in [6, 6.07) is 11.7. The predicted molar refractivity (Wildman–Crippen MR) is 126 cm³/mol. The SMILES string of the molecule is Cc1cccc(C)c1N(CCCCn1ccnc1)C(=O)C(C)N1C(=O)c2ccccc2C1=O. The molecule has 1 aromatic heterocycles. The van der Waals surface area contributed by atoms with E-state index in [-0.39, 0.29) is 5.91 Å². The number of aromatic nitrogens is 2. The van der Waals surface area contributed by atoms with Crippen molar-refractivity contribution < 1.29 is 14.4 Å². The summed E-state index contributed by atoms with van der Waals surface area (Å²) < 4.78 is 2.01. The van der Waals surface area contributed by atoms with Crippen LogP contribution in [0, 0.1) is 13.8 Å². The number of carbonyl (C=O) groups is 3. The Bertz CT molecular complexity index is 1130. The second-order valence-electron chi connectivity index (χ2n) is 8.44. The maximum Gasteiger partial charge on any atom is 0.262 e. The number of nitrogens with zero attached hydrogens (tertiary/aromatic N) is 4. The van der Waals surface area contributed by atoms with Crippen molar-refractivity contribution in [1.82, 2.24) is 14.5 Å². The van der Waals surface area contributed by atoms with Gasteiger partial charge in [0.1, 0.15) is 6.04 Å². The molecule has 0 saturated carbocycles. The molecule has 3 amide bonds. The quantitative estimate of drug-likeness (QED) is 0.389. The van der Waals surface area contributed by atoms with Crippen molar-refractivity contribution in [3.8, 4) is 0 Å². The minimum Gasteiger partial charge on any atom is -0.337 e. The first-order valence-corrected chi connectivity index (χ1v) is 11.2. The van der Waals surface area contributed by atoms with Crippen LogP contribution in [0.4, 0.5) is 5.69 Å². The maximum absolute atomic E-state index is 13.8. The van der Waals surface area contributed by atoms with Crippen molar-refractivity contribution in [2.75, 3.05) is 11.4 Å². The van der Waals surface area contributed by atoms with Crippen LogP contribution in [0.25, 0.3) is 0 Å². The number of fused-ring (bicyclic) bond motifs is 1. The first-order chi connectivity index (χ1) is 15.9. The lowest BCUT2D eigenvalue weighted by atomic mass is 10.1. The van der Waals surface area contributed by atoms with Crippen molar-refractivity contribution >= 4 is 23.4 Å². The Morgan fingerprint density at radius 3 is 2.18 bits per heavy atom. The van der Waals surface area contributed by atoms with Crippen LogP contribution in [0.5, 0.6) is 0 Å². The van der Waals surface area contributed by atoms with Crippen LogP contribution in [0.2, 0.25) is 0 Å². The van der Waals surface area contributed by atoms with Crippen molar-refractivity contribution in [2.24, 2.45) is 0 Å². The van der Waals surface area contributed by atoms with E-state index in [1.165, 1.54) is 0 Å². The average Bonchev–Trinajstić information content (AvgIpc) is 3.41. The zero-order valence-corrected chi connectivity index (χ0v) is 19.2. The third-order valence-corrected chi connectivity index (χ3v) is 6.15.